The van der Waals surface area contributed by atoms with Crippen LogP contribution in [0.1, 0.15) is 21.5 Å². The first-order chi connectivity index (χ1) is 8.56. The zero-order chi connectivity index (χ0) is 13.1. The molecule has 0 N–H and O–H groups in total. The van der Waals surface area contributed by atoms with E-state index in [9.17, 15) is 9.18 Å². The highest BCUT2D eigenvalue weighted by molar-refractivity contribution is 9.10. The summed E-state index contributed by atoms with van der Waals surface area (Å²) in [6, 6.07) is 12.2. The highest BCUT2D eigenvalue weighted by atomic mass is 79.9. The summed E-state index contributed by atoms with van der Waals surface area (Å²) in [6.45, 7) is 1.99. The van der Waals surface area contributed by atoms with Crippen molar-refractivity contribution >= 4 is 21.7 Å². The van der Waals surface area contributed by atoms with Crippen molar-refractivity contribution < 1.29 is 9.18 Å². The molecule has 0 saturated carbocycles. The second-order valence-corrected chi connectivity index (χ2v) is 5.07. The molecule has 0 fully saturated rings. The summed E-state index contributed by atoms with van der Waals surface area (Å²) in [6.07, 6.45) is 0.333. The molecule has 3 heteroatoms. The molecule has 1 nitrogen and oxygen atoms in total. The van der Waals surface area contributed by atoms with Crippen molar-refractivity contribution in [2.75, 3.05) is 0 Å². The molecule has 0 unspecified atom stereocenters. The minimum Gasteiger partial charge on any atom is -0.294 e. The molecule has 0 heterocycles. The lowest BCUT2D eigenvalue weighted by molar-refractivity contribution is 0.0993. The van der Waals surface area contributed by atoms with Gasteiger partial charge in [0.2, 0.25) is 0 Å². The number of benzene rings is 2. The van der Waals surface area contributed by atoms with Crippen LogP contribution in [0.15, 0.2) is 46.9 Å². The second kappa shape index (κ2) is 5.44. The summed E-state index contributed by atoms with van der Waals surface area (Å²) in [5, 5.41) is 0. The maximum Gasteiger partial charge on any atom is 0.167 e. The lowest BCUT2D eigenvalue weighted by Crippen LogP contribution is -2.04. The van der Waals surface area contributed by atoms with Crippen LogP contribution in [0.5, 0.6) is 0 Å². The Labute approximate surface area is 114 Å². The van der Waals surface area contributed by atoms with Crippen LogP contribution in [0, 0.1) is 12.7 Å². The van der Waals surface area contributed by atoms with Gasteiger partial charge in [-0.05, 0) is 46.6 Å². The van der Waals surface area contributed by atoms with Gasteiger partial charge in [-0.3, -0.25) is 4.79 Å². The molecule has 0 aliphatic heterocycles. The van der Waals surface area contributed by atoms with E-state index in [1.54, 1.807) is 0 Å². The molecule has 0 aromatic heterocycles. The normalized spacial score (nSPS) is 10.4. The molecule has 2 rings (SSSR count). The number of ketones is 1. The first-order valence-corrected chi connectivity index (χ1v) is 6.39. The summed E-state index contributed by atoms with van der Waals surface area (Å²) >= 11 is 3.08. The van der Waals surface area contributed by atoms with Crippen LogP contribution >= 0.6 is 15.9 Å². The molecule has 0 atom stereocenters. The molecule has 0 spiro atoms. The van der Waals surface area contributed by atoms with Gasteiger partial charge in [-0.15, -0.1) is 0 Å². The number of aryl methyl sites for hydroxylation is 1. The maximum absolute atomic E-state index is 13.1. The van der Waals surface area contributed by atoms with Gasteiger partial charge >= 0.3 is 0 Å². The third kappa shape index (κ3) is 3.05. The molecule has 18 heavy (non-hydrogen) atoms. The third-order valence-electron chi connectivity index (χ3n) is 2.69. The topological polar surface area (TPSA) is 17.1 Å². The van der Waals surface area contributed by atoms with Crippen LogP contribution < -0.4 is 0 Å². The predicted octanol–water partition coefficient (Wildman–Crippen LogP) is 4.32. The van der Waals surface area contributed by atoms with Crippen LogP contribution in [-0.4, -0.2) is 5.78 Å². The molecule has 0 bridgehead atoms. The highest BCUT2D eigenvalue weighted by Gasteiger charge is 2.09. The largest absolute Gasteiger partial charge is 0.294 e. The van der Waals surface area contributed by atoms with Crippen molar-refractivity contribution in [2.24, 2.45) is 0 Å². The zero-order valence-electron chi connectivity index (χ0n) is 9.91. The number of rotatable bonds is 3. The van der Waals surface area contributed by atoms with Gasteiger partial charge in [0.05, 0.1) is 4.47 Å². The molecule has 0 radical (unpaired) electrons. The Hall–Kier alpha value is -1.48. The average molecular weight is 307 g/mol. The van der Waals surface area contributed by atoms with Crippen molar-refractivity contribution in [2.45, 2.75) is 13.3 Å². The molecule has 92 valence electrons. The summed E-state index contributed by atoms with van der Waals surface area (Å²) in [7, 11) is 0. The van der Waals surface area contributed by atoms with E-state index in [1.165, 1.54) is 18.2 Å². The summed E-state index contributed by atoms with van der Waals surface area (Å²) in [5.41, 5.74) is 2.62. The first-order valence-electron chi connectivity index (χ1n) is 5.60. The number of hydrogen-bond acceptors (Lipinski definition) is 1. The number of carbonyl (C=O) groups is 1. The quantitative estimate of drug-likeness (QED) is 0.772. The van der Waals surface area contributed by atoms with Crippen LogP contribution in [0.3, 0.4) is 0 Å². The molecule has 0 aliphatic rings. The molecular formula is C15H12BrFO. The fourth-order valence-corrected chi connectivity index (χ4v) is 2.16. The number of carbonyl (C=O) groups excluding carboxylic acids is 1. The van der Waals surface area contributed by atoms with Crippen molar-refractivity contribution in [1.29, 1.82) is 0 Å². The fourth-order valence-electron chi connectivity index (χ4n) is 1.78. The van der Waals surface area contributed by atoms with E-state index in [4.69, 9.17) is 0 Å². The van der Waals surface area contributed by atoms with Gasteiger partial charge in [0.15, 0.2) is 5.78 Å². The van der Waals surface area contributed by atoms with Crippen molar-refractivity contribution in [3.05, 3.63) is 69.4 Å². The van der Waals surface area contributed by atoms with Crippen LogP contribution in [0.25, 0.3) is 0 Å². The lowest BCUT2D eigenvalue weighted by Gasteiger charge is -2.04. The van der Waals surface area contributed by atoms with Gasteiger partial charge in [0, 0.05) is 12.0 Å². The van der Waals surface area contributed by atoms with Crippen molar-refractivity contribution in [3.8, 4) is 0 Å². The van der Waals surface area contributed by atoms with Gasteiger partial charge in [-0.2, -0.15) is 0 Å². The minimum atomic E-state index is -0.359. The van der Waals surface area contributed by atoms with Crippen LogP contribution in [-0.2, 0) is 6.42 Å². The third-order valence-corrected chi connectivity index (χ3v) is 3.30. The molecule has 0 saturated heterocycles. The SMILES string of the molecule is Cc1cccc(CC(=O)c2ccc(F)c(Br)c2)c1. The van der Waals surface area contributed by atoms with Crippen molar-refractivity contribution in [1.82, 2.24) is 0 Å². The monoisotopic (exact) mass is 306 g/mol. The second-order valence-electron chi connectivity index (χ2n) is 4.22. The van der Waals surface area contributed by atoms with E-state index in [2.05, 4.69) is 15.9 Å². The highest BCUT2D eigenvalue weighted by Crippen LogP contribution is 2.18. The number of halogens is 2. The Kier molecular flexibility index (Phi) is 3.92. The average Bonchev–Trinajstić information content (AvgIpc) is 2.32. The van der Waals surface area contributed by atoms with E-state index in [-0.39, 0.29) is 11.6 Å². The predicted molar refractivity (Wildman–Crippen MR) is 73.3 cm³/mol. The van der Waals surface area contributed by atoms with Crippen LogP contribution in [0.4, 0.5) is 4.39 Å². The van der Waals surface area contributed by atoms with E-state index in [0.717, 1.165) is 11.1 Å². The van der Waals surface area contributed by atoms with Crippen LogP contribution in [0.2, 0.25) is 0 Å². The Morgan fingerprint density at radius 3 is 2.67 bits per heavy atom. The van der Waals surface area contributed by atoms with E-state index in [0.29, 0.717) is 16.5 Å². The van der Waals surface area contributed by atoms with Gasteiger partial charge in [-0.1, -0.05) is 29.8 Å². The Morgan fingerprint density at radius 1 is 1.22 bits per heavy atom. The maximum atomic E-state index is 13.1. The summed E-state index contributed by atoms with van der Waals surface area (Å²) in [5.74, 6) is -0.372. The van der Waals surface area contributed by atoms with E-state index >= 15 is 0 Å². The summed E-state index contributed by atoms with van der Waals surface area (Å²) < 4.78 is 13.4. The van der Waals surface area contributed by atoms with E-state index in [1.807, 2.05) is 31.2 Å². The van der Waals surface area contributed by atoms with Gasteiger partial charge in [0.1, 0.15) is 5.82 Å². The Morgan fingerprint density at radius 2 is 2.00 bits per heavy atom. The van der Waals surface area contributed by atoms with E-state index < -0.39 is 0 Å². The van der Waals surface area contributed by atoms with Crippen molar-refractivity contribution in [3.63, 3.8) is 0 Å². The molecule has 2 aromatic rings. The molecule has 2 aromatic carbocycles. The molecule has 0 amide bonds. The van der Waals surface area contributed by atoms with Gasteiger partial charge in [0.25, 0.3) is 0 Å². The van der Waals surface area contributed by atoms with Gasteiger partial charge in [-0.25, -0.2) is 4.39 Å². The number of hydrogen-bond donors (Lipinski definition) is 0. The first kappa shape index (κ1) is 13.0. The minimum absolute atomic E-state index is 0.0127. The summed E-state index contributed by atoms with van der Waals surface area (Å²) in [4.78, 5) is 12.0. The fraction of sp³-hybridized carbons (Fsp3) is 0.133. The Balaban J connectivity index is 2.19. The Bertz CT molecular complexity index is 593. The molecule has 0 aliphatic carbocycles. The lowest BCUT2D eigenvalue weighted by atomic mass is 10.0. The standard InChI is InChI=1S/C15H12BrFO/c1-10-3-2-4-11(7-10)8-15(18)12-5-6-14(17)13(16)9-12/h2-7,9H,8H2,1H3. The molecular weight excluding hydrogens is 295 g/mol. The zero-order valence-corrected chi connectivity index (χ0v) is 11.5. The smallest absolute Gasteiger partial charge is 0.167 e. The number of Topliss-reactive ketones (excluding diaryl/α,β-unsaturated/α-hetero) is 1. The van der Waals surface area contributed by atoms with Gasteiger partial charge < -0.3 is 0 Å².